The molecule has 0 unspecified atom stereocenters. The van der Waals surface area contributed by atoms with Crippen molar-refractivity contribution in [3.63, 3.8) is 0 Å². The Hall–Kier alpha value is -2.34. The maximum atomic E-state index is 12.8. The highest BCUT2D eigenvalue weighted by molar-refractivity contribution is 5.93. The number of anilines is 1. The van der Waals surface area contributed by atoms with E-state index in [2.05, 4.69) is 17.3 Å². The van der Waals surface area contributed by atoms with Crippen molar-refractivity contribution in [1.29, 1.82) is 0 Å². The molecule has 0 spiro atoms. The molecule has 1 aromatic carbocycles. The molecule has 1 N–H and O–H groups in total. The Kier molecular flexibility index (Phi) is 4.57. The molecule has 0 aliphatic carbocycles. The van der Waals surface area contributed by atoms with Crippen LogP contribution < -0.4 is 10.9 Å². The Morgan fingerprint density at radius 2 is 1.75 bits per heavy atom. The van der Waals surface area contributed by atoms with E-state index in [1.54, 1.807) is 9.36 Å². The van der Waals surface area contributed by atoms with Gasteiger partial charge < -0.3 is 10.2 Å². The largest absolute Gasteiger partial charge is 0.320 e. The second-order valence-electron chi connectivity index (χ2n) is 6.50. The number of carbonyl (C=O) groups excluding carboxylic acids is 1. The van der Waals surface area contributed by atoms with Gasteiger partial charge in [-0.15, -0.1) is 0 Å². The molecule has 2 heterocycles. The molecule has 1 fully saturated rings. The first-order valence-electron chi connectivity index (χ1n) is 8.32. The van der Waals surface area contributed by atoms with Gasteiger partial charge in [0.05, 0.1) is 11.4 Å². The van der Waals surface area contributed by atoms with Gasteiger partial charge in [0.1, 0.15) is 5.69 Å². The molecule has 1 aromatic heterocycles. The first-order valence-corrected chi connectivity index (χ1v) is 8.32. The molecule has 0 atom stereocenters. The number of nitrogens with one attached hydrogen (secondary N) is 1. The second kappa shape index (κ2) is 6.65. The molecular formula is C18H24N4O2. The minimum atomic E-state index is -0.192. The van der Waals surface area contributed by atoms with Crippen LogP contribution in [-0.4, -0.2) is 40.3 Å². The summed E-state index contributed by atoms with van der Waals surface area (Å²) >= 11 is 0. The number of benzene rings is 1. The van der Waals surface area contributed by atoms with Gasteiger partial charge in [-0.25, -0.2) is 4.68 Å². The molecule has 128 valence electrons. The molecule has 2 aromatic rings. The molecule has 6 nitrogen and oxygen atoms in total. The number of likely N-dealkylation sites (tertiary alicyclic amines) is 1. The standard InChI is InChI=1S/C18H24N4O2/c1-13-16(19-17(23)14-9-11-20(2)12-10-14)18(24)22(21(13)3)15-7-5-4-6-8-15/h4-8,14H,9-12H2,1-3H3,(H,19,23). The lowest BCUT2D eigenvalue weighted by molar-refractivity contribution is -0.121. The Morgan fingerprint density at radius 1 is 1.12 bits per heavy atom. The molecule has 0 radical (unpaired) electrons. The van der Waals surface area contributed by atoms with Crippen LogP contribution in [0.15, 0.2) is 35.1 Å². The third-order valence-corrected chi connectivity index (χ3v) is 4.89. The van der Waals surface area contributed by atoms with Crippen molar-refractivity contribution in [1.82, 2.24) is 14.3 Å². The monoisotopic (exact) mass is 328 g/mol. The quantitative estimate of drug-likeness (QED) is 0.934. The SMILES string of the molecule is Cc1c(NC(=O)C2CCN(C)CC2)c(=O)n(-c2ccccc2)n1C. The third kappa shape index (κ3) is 3.01. The van der Waals surface area contributed by atoms with Gasteiger partial charge in [-0.2, -0.15) is 0 Å². The number of rotatable bonds is 3. The highest BCUT2D eigenvalue weighted by Gasteiger charge is 2.26. The zero-order chi connectivity index (χ0) is 17.3. The van der Waals surface area contributed by atoms with E-state index in [1.165, 1.54) is 0 Å². The molecule has 1 amide bonds. The molecule has 1 saturated heterocycles. The van der Waals surface area contributed by atoms with Crippen LogP contribution in [0.4, 0.5) is 5.69 Å². The van der Waals surface area contributed by atoms with Crippen LogP contribution in [0, 0.1) is 12.8 Å². The average molecular weight is 328 g/mol. The molecule has 6 heteroatoms. The summed E-state index contributed by atoms with van der Waals surface area (Å²) in [6, 6.07) is 9.45. The third-order valence-electron chi connectivity index (χ3n) is 4.89. The number of amides is 1. The van der Waals surface area contributed by atoms with Crippen molar-refractivity contribution in [3.05, 3.63) is 46.4 Å². The van der Waals surface area contributed by atoms with Crippen LogP contribution in [0.3, 0.4) is 0 Å². The molecule has 0 bridgehead atoms. The van der Waals surface area contributed by atoms with Crippen molar-refractivity contribution in [3.8, 4) is 5.69 Å². The Morgan fingerprint density at radius 3 is 2.38 bits per heavy atom. The van der Waals surface area contributed by atoms with Crippen molar-refractivity contribution in [2.75, 3.05) is 25.5 Å². The van der Waals surface area contributed by atoms with Gasteiger partial charge in [-0.05, 0) is 52.0 Å². The maximum absolute atomic E-state index is 12.8. The zero-order valence-corrected chi connectivity index (χ0v) is 14.5. The average Bonchev–Trinajstić information content (AvgIpc) is 2.80. The number of aromatic nitrogens is 2. The minimum absolute atomic E-state index is 0.0228. The highest BCUT2D eigenvalue weighted by Crippen LogP contribution is 2.19. The molecule has 3 rings (SSSR count). The smallest absolute Gasteiger partial charge is 0.295 e. The molecule has 0 saturated carbocycles. The van der Waals surface area contributed by atoms with E-state index in [-0.39, 0.29) is 17.4 Å². The maximum Gasteiger partial charge on any atom is 0.295 e. The topological polar surface area (TPSA) is 59.3 Å². The van der Waals surface area contributed by atoms with Gasteiger partial charge in [0.15, 0.2) is 0 Å². The number of para-hydroxylation sites is 1. The summed E-state index contributed by atoms with van der Waals surface area (Å²) in [5, 5.41) is 2.88. The van der Waals surface area contributed by atoms with Gasteiger partial charge in [0.2, 0.25) is 5.91 Å². The van der Waals surface area contributed by atoms with Gasteiger partial charge in [0, 0.05) is 13.0 Å². The fraction of sp³-hybridized carbons (Fsp3) is 0.444. The lowest BCUT2D eigenvalue weighted by Crippen LogP contribution is -2.36. The van der Waals surface area contributed by atoms with E-state index in [0.717, 1.165) is 37.3 Å². The first kappa shape index (κ1) is 16.5. The molecule has 1 aliphatic heterocycles. The summed E-state index contributed by atoms with van der Waals surface area (Å²) in [5.74, 6) is -0.0699. The predicted molar refractivity (Wildman–Crippen MR) is 94.6 cm³/mol. The van der Waals surface area contributed by atoms with Crippen LogP contribution in [0.2, 0.25) is 0 Å². The number of carbonyl (C=O) groups is 1. The minimum Gasteiger partial charge on any atom is -0.320 e. The number of piperidine rings is 1. The van der Waals surface area contributed by atoms with Crippen LogP contribution in [0.1, 0.15) is 18.5 Å². The summed E-state index contributed by atoms with van der Waals surface area (Å²) in [5.41, 5.74) is 1.73. The van der Waals surface area contributed by atoms with E-state index < -0.39 is 0 Å². The zero-order valence-electron chi connectivity index (χ0n) is 14.5. The fourth-order valence-electron chi connectivity index (χ4n) is 3.21. The summed E-state index contributed by atoms with van der Waals surface area (Å²) < 4.78 is 3.36. The van der Waals surface area contributed by atoms with E-state index in [1.807, 2.05) is 44.3 Å². The van der Waals surface area contributed by atoms with E-state index in [9.17, 15) is 9.59 Å². The summed E-state index contributed by atoms with van der Waals surface area (Å²) in [4.78, 5) is 27.6. The van der Waals surface area contributed by atoms with Crippen molar-refractivity contribution in [2.24, 2.45) is 13.0 Å². The van der Waals surface area contributed by atoms with Gasteiger partial charge in [0.25, 0.3) is 5.56 Å². The van der Waals surface area contributed by atoms with Crippen LogP contribution in [0.25, 0.3) is 5.69 Å². The first-order chi connectivity index (χ1) is 11.5. The number of hydrogen-bond acceptors (Lipinski definition) is 3. The normalized spacial score (nSPS) is 16.3. The second-order valence-corrected chi connectivity index (χ2v) is 6.50. The van der Waals surface area contributed by atoms with Gasteiger partial charge in [-0.3, -0.25) is 14.3 Å². The van der Waals surface area contributed by atoms with E-state index in [4.69, 9.17) is 0 Å². The summed E-state index contributed by atoms with van der Waals surface area (Å²) in [6.45, 7) is 3.69. The van der Waals surface area contributed by atoms with Crippen LogP contribution >= 0.6 is 0 Å². The molecule has 1 aliphatic rings. The van der Waals surface area contributed by atoms with Gasteiger partial charge >= 0.3 is 0 Å². The number of nitrogens with zero attached hydrogens (tertiary/aromatic N) is 3. The summed E-state index contributed by atoms with van der Waals surface area (Å²) in [7, 11) is 3.89. The van der Waals surface area contributed by atoms with Crippen molar-refractivity contribution in [2.45, 2.75) is 19.8 Å². The number of hydrogen-bond donors (Lipinski definition) is 1. The Balaban J connectivity index is 1.87. The lowest BCUT2D eigenvalue weighted by Gasteiger charge is -2.27. The summed E-state index contributed by atoms with van der Waals surface area (Å²) in [6.07, 6.45) is 1.67. The fourth-order valence-corrected chi connectivity index (χ4v) is 3.21. The van der Waals surface area contributed by atoms with E-state index >= 15 is 0 Å². The molecular weight excluding hydrogens is 304 g/mol. The van der Waals surface area contributed by atoms with Gasteiger partial charge in [-0.1, -0.05) is 18.2 Å². The lowest BCUT2D eigenvalue weighted by atomic mass is 9.96. The van der Waals surface area contributed by atoms with Crippen LogP contribution in [-0.2, 0) is 11.8 Å². The predicted octanol–water partition coefficient (Wildman–Crippen LogP) is 1.76. The highest BCUT2D eigenvalue weighted by atomic mass is 16.2. The van der Waals surface area contributed by atoms with E-state index in [0.29, 0.717) is 5.69 Å². The molecule has 24 heavy (non-hydrogen) atoms. The Labute approximate surface area is 141 Å². The van der Waals surface area contributed by atoms with Crippen molar-refractivity contribution >= 4 is 11.6 Å². The Bertz CT molecular complexity index is 783. The van der Waals surface area contributed by atoms with Crippen molar-refractivity contribution < 1.29 is 4.79 Å². The van der Waals surface area contributed by atoms with Crippen LogP contribution in [0.5, 0.6) is 0 Å².